The molecule has 5 heteroatoms. The van der Waals surface area contributed by atoms with E-state index in [9.17, 15) is 0 Å². The summed E-state index contributed by atoms with van der Waals surface area (Å²) in [5.74, 6) is 0. The van der Waals surface area contributed by atoms with E-state index in [1.807, 2.05) is 24.0 Å². The smallest absolute Gasteiger partial charge is 0.159 e. The Kier molecular flexibility index (Phi) is 4.58. The third-order valence-electron chi connectivity index (χ3n) is 3.84. The van der Waals surface area contributed by atoms with Crippen LogP contribution in [0.25, 0.3) is 0 Å². The van der Waals surface area contributed by atoms with Crippen LogP contribution in [0.15, 0.2) is 29.4 Å². The summed E-state index contributed by atoms with van der Waals surface area (Å²) in [6.07, 6.45) is 2.93. The Bertz CT molecular complexity index is 454. The van der Waals surface area contributed by atoms with Crippen molar-refractivity contribution in [3.8, 4) is 0 Å². The predicted octanol–water partition coefficient (Wildman–Crippen LogP) is 1.73. The molecule has 0 aromatic carbocycles. The number of amidine groups is 1. The number of nitrogens with zero attached hydrogens (tertiary/aromatic N) is 4. The van der Waals surface area contributed by atoms with Gasteiger partial charge < -0.3 is 4.90 Å². The van der Waals surface area contributed by atoms with Gasteiger partial charge in [-0.05, 0) is 12.1 Å². The van der Waals surface area contributed by atoms with Gasteiger partial charge in [-0.15, -0.1) is 0 Å². The van der Waals surface area contributed by atoms with Crippen molar-refractivity contribution in [2.75, 3.05) is 39.3 Å². The lowest BCUT2D eigenvalue weighted by Crippen LogP contribution is -2.48. The number of hydrogen-bond donors (Lipinski definition) is 0. The van der Waals surface area contributed by atoms with E-state index in [1.54, 1.807) is 0 Å². The van der Waals surface area contributed by atoms with E-state index in [0.29, 0.717) is 5.25 Å². The minimum atomic E-state index is 0.659. The van der Waals surface area contributed by atoms with Crippen molar-refractivity contribution < 1.29 is 0 Å². The maximum atomic E-state index is 4.64. The highest BCUT2D eigenvalue weighted by Gasteiger charge is 2.24. The van der Waals surface area contributed by atoms with Gasteiger partial charge >= 0.3 is 0 Å². The fraction of sp³-hybridized carbons (Fsp3) is 0.600. The van der Waals surface area contributed by atoms with Crippen LogP contribution < -0.4 is 0 Å². The third-order valence-corrected chi connectivity index (χ3v) is 4.99. The van der Waals surface area contributed by atoms with Crippen molar-refractivity contribution in [3.05, 3.63) is 30.1 Å². The van der Waals surface area contributed by atoms with E-state index in [0.717, 1.165) is 45.7 Å². The van der Waals surface area contributed by atoms with Crippen molar-refractivity contribution in [1.82, 2.24) is 14.8 Å². The molecule has 1 aromatic heterocycles. The van der Waals surface area contributed by atoms with Crippen molar-refractivity contribution in [2.24, 2.45) is 4.99 Å². The monoisotopic (exact) mass is 290 g/mol. The lowest BCUT2D eigenvalue weighted by Gasteiger charge is -2.35. The van der Waals surface area contributed by atoms with Gasteiger partial charge in [-0.1, -0.05) is 24.8 Å². The Morgan fingerprint density at radius 3 is 2.75 bits per heavy atom. The fourth-order valence-electron chi connectivity index (χ4n) is 2.62. The Balaban J connectivity index is 1.42. The van der Waals surface area contributed by atoms with Gasteiger partial charge in [0.25, 0.3) is 0 Å². The first-order chi connectivity index (χ1) is 9.81. The second kappa shape index (κ2) is 6.59. The van der Waals surface area contributed by atoms with Crippen LogP contribution in [-0.2, 0) is 6.42 Å². The largest absolute Gasteiger partial charge is 0.349 e. The van der Waals surface area contributed by atoms with Crippen LogP contribution in [0.4, 0.5) is 0 Å². The topological polar surface area (TPSA) is 31.7 Å². The van der Waals surface area contributed by atoms with Crippen molar-refractivity contribution in [3.63, 3.8) is 0 Å². The second-order valence-electron chi connectivity index (χ2n) is 5.45. The number of aromatic nitrogens is 1. The summed E-state index contributed by atoms with van der Waals surface area (Å²) in [5, 5.41) is 1.93. The maximum absolute atomic E-state index is 4.64. The van der Waals surface area contributed by atoms with Crippen molar-refractivity contribution >= 4 is 16.9 Å². The van der Waals surface area contributed by atoms with E-state index >= 15 is 0 Å². The third kappa shape index (κ3) is 3.52. The number of piperazine rings is 1. The molecule has 0 radical (unpaired) electrons. The minimum Gasteiger partial charge on any atom is -0.349 e. The van der Waals surface area contributed by atoms with Gasteiger partial charge in [0.15, 0.2) is 5.17 Å². The molecule has 4 nitrogen and oxygen atoms in total. The molecular formula is C15H22N4S. The average molecular weight is 290 g/mol. The summed E-state index contributed by atoms with van der Waals surface area (Å²) >= 11 is 1.93. The van der Waals surface area contributed by atoms with Gasteiger partial charge in [-0.25, -0.2) is 0 Å². The fourth-order valence-corrected chi connectivity index (χ4v) is 3.61. The molecule has 1 fully saturated rings. The molecule has 2 aliphatic heterocycles. The van der Waals surface area contributed by atoms with Gasteiger partial charge in [0.05, 0.1) is 6.54 Å². The molecule has 0 amide bonds. The van der Waals surface area contributed by atoms with Gasteiger partial charge in [0.1, 0.15) is 0 Å². The average Bonchev–Trinajstić information content (AvgIpc) is 2.93. The molecule has 1 saturated heterocycles. The van der Waals surface area contributed by atoms with Gasteiger partial charge in [0.2, 0.25) is 0 Å². The molecule has 20 heavy (non-hydrogen) atoms. The van der Waals surface area contributed by atoms with E-state index in [1.165, 1.54) is 10.9 Å². The Morgan fingerprint density at radius 1 is 1.25 bits per heavy atom. The molecule has 3 heterocycles. The van der Waals surface area contributed by atoms with Gasteiger partial charge in [0, 0.05) is 56.3 Å². The summed E-state index contributed by atoms with van der Waals surface area (Å²) in [6.45, 7) is 8.86. The first-order valence-electron chi connectivity index (χ1n) is 7.39. The Morgan fingerprint density at radius 2 is 2.10 bits per heavy atom. The summed E-state index contributed by atoms with van der Waals surface area (Å²) in [7, 11) is 0. The summed E-state index contributed by atoms with van der Waals surface area (Å²) in [4.78, 5) is 14.0. The second-order valence-corrected chi connectivity index (χ2v) is 6.86. The SMILES string of the molecule is CC1CN=C(N2CCN(CCc3ccccn3)CC2)S1. The van der Waals surface area contributed by atoms with Crippen LogP contribution >= 0.6 is 11.8 Å². The zero-order chi connectivity index (χ0) is 13.8. The first-order valence-corrected chi connectivity index (χ1v) is 8.27. The van der Waals surface area contributed by atoms with Crippen LogP contribution in [0, 0.1) is 0 Å². The maximum Gasteiger partial charge on any atom is 0.159 e. The predicted molar refractivity (Wildman–Crippen MR) is 85.3 cm³/mol. The zero-order valence-electron chi connectivity index (χ0n) is 12.0. The quantitative estimate of drug-likeness (QED) is 0.848. The normalized spacial score (nSPS) is 23.9. The van der Waals surface area contributed by atoms with Crippen LogP contribution in [0.2, 0.25) is 0 Å². The van der Waals surface area contributed by atoms with Crippen molar-refractivity contribution in [2.45, 2.75) is 18.6 Å². The van der Waals surface area contributed by atoms with Crippen LogP contribution in [0.3, 0.4) is 0 Å². The summed E-state index contributed by atoms with van der Waals surface area (Å²) in [5.41, 5.74) is 1.19. The zero-order valence-corrected chi connectivity index (χ0v) is 12.9. The number of thioether (sulfide) groups is 1. The Hall–Kier alpha value is -1.07. The van der Waals surface area contributed by atoms with Gasteiger partial charge in [-0.2, -0.15) is 0 Å². The molecule has 0 bridgehead atoms. The lowest BCUT2D eigenvalue weighted by molar-refractivity contribution is 0.185. The van der Waals surface area contributed by atoms with E-state index < -0.39 is 0 Å². The minimum absolute atomic E-state index is 0.659. The van der Waals surface area contributed by atoms with Crippen LogP contribution in [-0.4, -0.2) is 64.5 Å². The Labute approximate surface area is 125 Å². The highest BCUT2D eigenvalue weighted by Crippen LogP contribution is 2.23. The number of pyridine rings is 1. The standard InChI is InChI=1S/C15H22N4S/c1-13-12-17-15(20-13)19-10-8-18(9-11-19)7-5-14-4-2-3-6-16-14/h2-4,6,13H,5,7-12H2,1H3. The molecule has 1 unspecified atom stereocenters. The molecule has 1 aromatic rings. The summed E-state index contributed by atoms with van der Waals surface area (Å²) in [6, 6.07) is 6.15. The van der Waals surface area contributed by atoms with E-state index in [-0.39, 0.29) is 0 Å². The van der Waals surface area contributed by atoms with Crippen molar-refractivity contribution in [1.29, 1.82) is 0 Å². The molecule has 3 rings (SSSR count). The number of hydrogen-bond acceptors (Lipinski definition) is 5. The van der Waals surface area contributed by atoms with Gasteiger partial charge in [-0.3, -0.25) is 14.9 Å². The lowest BCUT2D eigenvalue weighted by atomic mass is 10.2. The summed E-state index contributed by atoms with van der Waals surface area (Å²) < 4.78 is 0. The van der Waals surface area contributed by atoms with Crippen LogP contribution in [0.5, 0.6) is 0 Å². The number of rotatable bonds is 3. The molecular weight excluding hydrogens is 268 g/mol. The molecule has 1 atom stereocenters. The molecule has 0 spiro atoms. The molecule has 2 aliphatic rings. The highest BCUT2D eigenvalue weighted by atomic mass is 32.2. The molecule has 0 saturated carbocycles. The molecule has 0 N–H and O–H groups in total. The van der Waals surface area contributed by atoms with E-state index in [2.05, 4.69) is 38.8 Å². The molecule has 0 aliphatic carbocycles. The first kappa shape index (κ1) is 13.9. The van der Waals surface area contributed by atoms with Crippen LogP contribution in [0.1, 0.15) is 12.6 Å². The highest BCUT2D eigenvalue weighted by molar-refractivity contribution is 8.14. The van der Waals surface area contributed by atoms with E-state index in [4.69, 9.17) is 0 Å². The molecule has 108 valence electrons. The number of aliphatic imine (C=N–C) groups is 1.